The molecule has 3 rings (SSSR count). The number of alkyl halides is 3. The number of halogens is 4. The fourth-order valence-corrected chi connectivity index (χ4v) is 3.31. The Morgan fingerprint density at radius 3 is 2.72 bits per heavy atom. The number of hydrogen-bond acceptors (Lipinski definition) is 3. The third kappa shape index (κ3) is 3.58. The van der Waals surface area contributed by atoms with E-state index in [0.29, 0.717) is 25.2 Å². The van der Waals surface area contributed by atoms with Gasteiger partial charge < -0.3 is 4.90 Å². The van der Waals surface area contributed by atoms with Crippen LogP contribution in [0.1, 0.15) is 54.1 Å². The number of rotatable bonds is 3. The maximum atomic E-state index is 12.9. The molecule has 1 saturated heterocycles. The molecule has 0 radical (unpaired) electrons. The Hall–Kier alpha value is -1.84. The molecule has 136 valence electrons. The van der Waals surface area contributed by atoms with E-state index in [1.54, 1.807) is 11.0 Å². The predicted molar refractivity (Wildman–Crippen MR) is 87.2 cm³/mol. The van der Waals surface area contributed by atoms with Gasteiger partial charge >= 0.3 is 6.18 Å². The number of carbonyl (C=O) groups excluding carboxylic acids is 1. The van der Waals surface area contributed by atoms with E-state index in [2.05, 4.69) is 31.2 Å². The number of nitrogens with zero attached hydrogens (tertiary/aromatic N) is 4. The van der Waals surface area contributed by atoms with Crippen molar-refractivity contribution in [3.05, 3.63) is 33.8 Å². The van der Waals surface area contributed by atoms with Gasteiger partial charge in [-0.2, -0.15) is 23.4 Å². The molecule has 1 atom stereocenters. The van der Waals surface area contributed by atoms with Gasteiger partial charge in [-0.15, -0.1) is 0 Å². The molecular formula is C15H17BrF3N5O. The summed E-state index contributed by atoms with van der Waals surface area (Å²) in [6, 6.07) is 1.42. The van der Waals surface area contributed by atoms with Gasteiger partial charge in [0.15, 0.2) is 5.69 Å². The average Bonchev–Trinajstić information content (AvgIpc) is 3.24. The highest BCUT2D eigenvalue weighted by Crippen LogP contribution is 2.35. The lowest BCUT2D eigenvalue weighted by Gasteiger charge is -2.15. The van der Waals surface area contributed by atoms with Gasteiger partial charge in [-0.05, 0) is 34.3 Å². The molecule has 0 spiro atoms. The molecule has 1 N–H and O–H groups in total. The fraction of sp³-hybridized carbons (Fsp3) is 0.533. The third-order valence-corrected chi connectivity index (χ3v) is 4.80. The van der Waals surface area contributed by atoms with Crippen LogP contribution in [-0.2, 0) is 6.18 Å². The van der Waals surface area contributed by atoms with E-state index >= 15 is 0 Å². The maximum absolute atomic E-state index is 12.9. The monoisotopic (exact) mass is 419 g/mol. The molecule has 2 aromatic rings. The normalized spacial score (nSPS) is 18.4. The summed E-state index contributed by atoms with van der Waals surface area (Å²) in [6.07, 6.45) is -2.66. The molecule has 1 unspecified atom stereocenters. The van der Waals surface area contributed by atoms with E-state index in [1.165, 1.54) is 10.9 Å². The predicted octanol–water partition coefficient (Wildman–Crippen LogP) is 3.60. The summed E-state index contributed by atoms with van der Waals surface area (Å²) in [5.74, 6) is -0.00416. The quantitative estimate of drug-likeness (QED) is 0.826. The molecule has 0 bridgehead atoms. The van der Waals surface area contributed by atoms with Crippen LogP contribution in [0.4, 0.5) is 13.2 Å². The summed E-state index contributed by atoms with van der Waals surface area (Å²) in [4.78, 5) is 14.1. The largest absolute Gasteiger partial charge is 0.436 e. The van der Waals surface area contributed by atoms with Crippen molar-refractivity contribution in [2.24, 2.45) is 0 Å². The topological polar surface area (TPSA) is 66.8 Å². The highest BCUT2D eigenvalue weighted by atomic mass is 79.9. The van der Waals surface area contributed by atoms with Gasteiger partial charge in [-0.25, -0.2) is 0 Å². The zero-order valence-corrected chi connectivity index (χ0v) is 15.2. The van der Waals surface area contributed by atoms with Crippen molar-refractivity contribution in [2.45, 2.75) is 38.4 Å². The second-order valence-corrected chi connectivity index (χ2v) is 7.21. The zero-order valence-electron chi connectivity index (χ0n) is 13.6. The number of nitrogens with one attached hydrogen (secondary N) is 1. The minimum Gasteiger partial charge on any atom is -0.335 e. The van der Waals surface area contributed by atoms with Crippen molar-refractivity contribution < 1.29 is 18.0 Å². The Morgan fingerprint density at radius 2 is 2.16 bits per heavy atom. The molecule has 10 heteroatoms. The lowest BCUT2D eigenvalue weighted by atomic mass is 10.1. The number of aromatic nitrogens is 4. The fourth-order valence-electron chi connectivity index (χ4n) is 2.79. The van der Waals surface area contributed by atoms with E-state index in [9.17, 15) is 18.0 Å². The van der Waals surface area contributed by atoms with Crippen molar-refractivity contribution >= 4 is 21.8 Å². The summed E-state index contributed by atoms with van der Waals surface area (Å²) in [6.45, 7) is 4.73. The van der Waals surface area contributed by atoms with Crippen LogP contribution in [0.5, 0.6) is 0 Å². The van der Waals surface area contributed by atoms with Crippen LogP contribution in [0, 0.1) is 0 Å². The molecular weight excluding hydrogens is 403 g/mol. The van der Waals surface area contributed by atoms with Gasteiger partial charge in [0, 0.05) is 25.0 Å². The summed E-state index contributed by atoms with van der Waals surface area (Å²) in [5.41, 5.74) is 0.234. The van der Waals surface area contributed by atoms with E-state index < -0.39 is 11.9 Å². The summed E-state index contributed by atoms with van der Waals surface area (Å²) in [7, 11) is 0. The Kier molecular flexibility index (Phi) is 4.65. The van der Waals surface area contributed by atoms with Crippen LogP contribution in [0.2, 0.25) is 0 Å². The minimum atomic E-state index is -4.51. The molecule has 1 aliphatic heterocycles. The zero-order chi connectivity index (χ0) is 18.4. The molecule has 25 heavy (non-hydrogen) atoms. The lowest BCUT2D eigenvalue weighted by Crippen LogP contribution is -2.29. The lowest BCUT2D eigenvalue weighted by molar-refractivity contribution is -0.142. The first-order valence-corrected chi connectivity index (χ1v) is 8.62. The number of amides is 1. The van der Waals surface area contributed by atoms with Gasteiger partial charge in [-0.1, -0.05) is 13.8 Å². The first-order valence-electron chi connectivity index (χ1n) is 7.83. The number of aromatic amines is 1. The Labute approximate surface area is 150 Å². The summed E-state index contributed by atoms with van der Waals surface area (Å²) < 4.78 is 39.8. The Bertz CT molecular complexity index is 782. The Morgan fingerprint density at radius 1 is 1.44 bits per heavy atom. The maximum Gasteiger partial charge on any atom is 0.436 e. The van der Waals surface area contributed by atoms with Crippen LogP contribution in [0.25, 0.3) is 0 Å². The van der Waals surface area contributed by atoms with E-state index in [1.807, 2.05) is 13.8 Å². The van der Waals surface area contributed by atoms with Gasteiger partial charge in [-0.3, -0.25) is 14.6 Å². The van der Waals surface area contributed by atoms with Crippen LogP contribution >= 0.6 is 15.9 Å². The molecule has 3 heterocycles. The van der Waals surface area contributed by atoms with Gasteiger partial charge in [0.2, 0.25) is 0 Å². The second kappa shape index (κ2) is 6.47. The highest BCUT2D eigenvalue weighted by Gasteiger charge is 2.38. The van der Waals surface area contributed by atoms with E-state index in [0.717, 1.165) is 5.69 Å². The standard InChI is InChI=1S/C15H17BrF3N5O/c1-8(2)11-5-12(21-20-11)14(25)23-4-3-9(6-23)24-7-10(16)13(22-24)15(17,18)19/h5,7-9H,3-4,6H2,1-2H3,(H,20,21). The van der Waals surface area contributed by atoms with Crippen molar-refractivity contribution in [3.8, 4) is 0 Å². The van der Waals surface area contributed by atoms with Crippen molar-refractivity contribution in [1.29, 1.82) is 0 Å². The smallest absolute Gasteiger partial charge is 0.335 e. The van der Waals surface area contributed by atoms with Gasteiger partial charge in [0.1, 0.15) is 5.69 Å². The molecule has 0 aromatic carbocycles. The number of H-pyrrole nitrogens is 1. The summed E-state index contributed by atoms with van der Waals surface area (Å²) in [5, 5.41) is 10.5. The van der Waals surface area contributed by atoms with E-state index in [4.69, 9.17) is 0 Å². The van der Waals surface area contributed by atoms with E-state index in [-0.39, 0.29) is 22.3 Å². The number of likely N-dealkylation sites (tertiary alicyclic amines) is 1. The molecule has 1 aliphatic rings. The number of hydrogen-bond donors (Lipinski definition) is 1. The van der Waals surface area contributed by atoms with Crippen molar-refractivity contribution in [3.63, 3.8) is 0 Å². The first-order chi connectivity index (χ1) is 11.7. The van der Waals surface area contributed by atoms with Crippen LogP contribution in [-0.4, -0.2) is 43.9 Å². The van der Waals surface area contributed by atoms with Crippen molar-refractivity contribution in [2.75, 3.05) is 13.1 Å². The minimum absolute atomic E-state index is 0.0985. The highest BCUT2D eigenvalue weighted by molar-refractivity contribution is 9.10. The average molecular weight is 420 g/mol. The van der Waals surface area contributed by atoms with Gasteiger partial charge in [0.25, 0.3) is 5.91 Å². The summed E-state index contributed by atoms with van der Waals surface area (Å²) >= 11 is 2.90. The Balaban J connectivity index is 1.72. The van der Waals surface area contributed by atoms with Crippen LogP contribution in [0.3, 0.4) is 0 Å². The third-order valence-electron chi connectivity index (χ3n) is 4.22. The molecule has 0 saturated carbocycles. The first kappa shape index (κ1) is 18.0. The van der Waals surface area contributed by atoms with Gasteiger partial charge in [0.05, 0.1) is 10.5 Å². The SMILES string of the molecule is CC(C)c1cc(C(=O)N2CCC(n3cc(Br)c(C(F)(F)F)n3)C2)n[nH]1. The van der Waals surface area contributed by atoms with Crippen molar-refractivity contribution in [1.82, 2.24) is 24.9 Å². The van der Waals surface area contributed by atoms with Crippen LogP contribution in [0.15, 0.2) is 16.7 Å². The molecule has 2 aromatic heterocycles. The molecule has 1 fully saturated rings. The number of carbonyl (C=O) groups is 1. The van der Waals surface area contributed by atoms with Crippen LogP contribution < -0.4 is 0 Å². The molecule has 1 amide bonds. The molecule has 0 aliphatic carbocycles. The molecule has 6 nitrogen and oxygen atoms in total. The second-order valence-electron chi connectivity index (χ2n) is 6.36.